The summed E-state index contributed by atoms with van der Waals surface area (Å²) in [7, 11) is -3.58. The highest BCUT2D eigenvalue weighted by Crippen LogP contribution is 2.32. The van der Waals surface area contributed by atoms with Crippen molar-refractivity contribution in [3.8, 4) is 0 Å². The van der Waals surface area contributed by atoms with Gasteiger partial charge in [0.2, 0.25) is 10.0 Å². The Morgan fingerprint density at radius 2 is 2.00 bits per heavy atom. The standard InChI is InChI=1S/C13H18Cl2N2O2S/c1-2-16-8-10-11(14)5-6-12(13(10)15)20(18,19)17-7-9-3-4-9/h5-6,9,16-17H,2-4,7-8H2,1H3. The van der Waals surface area contributed by atoms with Crippen LogP contribution in [0.3, 0.4) is 0 Å². The quantitative estimate of drug-likeness (QED) is 0.804. The molecule has 1 fully saturated rings. The molecule has 1 saturated carbocycles. The van der Waals surface area contributed by atoms with Crippen LogP contribution in [0.4, 0.5) is 0 Å². The maximum atomic E-state index is 12.3. The number of sulfonamides is 1. The predicted molar refractivity (Wildman–Crippen MR) is 81.8 cm³/mol. The monoisotopic (exact) mass is 336 g/mol. The van der Waals surface area contributed by atoms with Gasteiger partial charge in [0.05, 0.1) is 5.02 Å². The predicted octanol–water partition coefficient (Wildman–Crippen LogP) is 2.79. The fourth-order valence-electron chi connectivity index (χ4n) is 1.82. The lowest BCUT2D eigenvalue weighted by molar-refractivity contribution is 0.577. The van der Waals surface area contributed by atoms with Gasteiger partial charge in [-0.15, -0.1) is 0 Å². The first kappa shape index (κ1) is 16.0. The van der Waals surface area contributed by atoms with Crippen LogP contribution in [0.15, 0.2) is 17.0 Å². The highest BCUT2D eigenvalue weighted by molar-refractivity contribution is 7.89. The lowest BCUT2D eigenvalue weighted by Gasteiger charge is -2.13. The molecule has 0 aliphatic heterocycles. The van der Waals surface area contributed by atoms with E-state index in [4.69, 9.17) is 23.2 Å². The zero-order valence-corrected chi connectivity index (χ0v) is 13.6. The molecule has 0 saturated heterocycles. The van der Waals surface area contributed by atoms with Crippen LogP contribution in [0.2, 0.25) is 10.0 Å². The second-order valence-electron chi connectivity index (χ2n) is 4.91. The Kier molecular flexibility index (Phi) is 5.31. The summed E-state index contributed by atoms with van der Waals surface area (Å²) >= 11 is 12.3. The van der Waals surface area contributed by atoms with Gasteiger partial charge in [0.15, 0.2) is 0 Å². The smallest absolute Gasteiger partial charge is 0.242 e. The van der Waals surface area contributed by atoms with Crippen LogP contribution in [-0.4, -0.2) is 21.5 Å². The maximum absolute atomic E-state index is 12.3. The van der Waals surface area contributed by atoms with E-state index in [0.29, 0.717) is 29.6 Å². The van der Waals surface area contributed by atoms with Crippen LogP contribution < -0.4 is 10.0 Å². The van der Waals surface area contributed by atoms with Gasteiger partial charge in [-0.3, -0.25) is 0 Å². The highest BCUT2D eigenvalue weighted by atomic mass is 35.5. The molecule has 0 heterocycles. The molecule has 20 heavy (non-hydrogen) atoms. The average Bonchev–Trinajstić information content (AvgIpc) is 3.20. The molecule has 1 aliphatic carbocycles. The second-order valence-corrected chi connectivity index (χ2v) is 7.43. The number of benzene rings is 1. The van der Waals surface area contributed by atoms with E-state index in [2.05, 4.69) is 10.0 Å². The summed E-state index contributed by atoms with van der Waals surface area (Å²) in [5, 5.41) is 3.77. The molecule has 0 amide bonds. The summed E-state index contributed by atoms with van der Waals surface area (Å²) in [5.41, 5.74) is 0.615. The molecule has 1 aromatic carbocycles. The Morgan fingerprint density at radius 3 is 2.60 bits per heavy atom. The van der Waals surface area contributed by atoms with Crippen LogP contribution in [0.1, 0.15) is 25.3 Å². The number of hydrogen-bond acceptors (Lipinski definition) is 3. The van der Waals surface area contributed by atoms with Crippen molar-refractivity contribution in [3.05, 3.63) is 27.7 Å². The first-order chi connectivity index (χ1) is 9.45. The van der Waals surface area contributed by atoms with E-state index < -0.39 is 10.0 Å². The zero-order chi connectivity index (χ0) is 14.8. The van der Waals surface area contributed by atoms with Gasteiger partial charge in [-0.05, 0) is 37.4 Å². The average molecular weight is 337 g/mol. The molecule has 0 unspecified atom stereocenters. The number of nitrogens with one attached hydrogen (secondary N) is 2. The minimum Gasteiger partial charge on any atom is -0.313 e. The molecule has 112 valence electrons. The number of halogens is 2. The fourth-order valence-corrected chi connectivity index (χ4v) is 3.85. The van der Waals surface area contributed by atoms with Gasteiger partial charge in [-0.25, -0.2) is 13.1 Å². The minimum absolute atomic E-state index is 0.0946. The first-order valence-corrected chi connectivity index (χ1v) is 8.87. The van der Waals surface area contributed by atoms with Gasteiger partial charge in [0.25, 0.3) is 0 Å². The molecule has 0 atom stereocenters. The maximum Gasteiger partial charge on any atom is 0.242 e. The summed E-state index contributed by atoms with van der Waals surface area (Å²) < 4.78 is 27.1. The largest absolute Gasteiger partial charge is 0.313 e. The van der Waals surface area contributed by atoms with Gasteiger partial charge in [0.1, 0.15) is 4.90 Å². The van der Waals surface area contributed by atoms with Crippen LogP contribution in [0, 0.1) is 5.92 Å². The van der Waals surface area contributed by atoms with Crippen LogP contribution in [0.5, 0.6) is 0 Å². The lowest BCUT2D eigenvalue weighted by atomic mass is 10.2. The van der Waals surface area contributed by atoms with E-state index in [-0.39, 0.29) is 9.92 Å². The summed E-state index contributed by atoms with van der Waals surface area (Å²) in [5.74, 6) is 0.470. The Morgan fingerprint density at radius 1 is 1.30 bits per heavy atom. The van der Waals surface area contributed by atoms with Crippen molar-refractivity contribution in [2.45, 2.75) is 31.2 Å². The van der Waals surface area contributed by atoms with Crippen LogP contribution in [-0.2, 0) is 16.6 Å². The van der Waals surface area contributed by atoms with Crippen molar-refractivity contribution >= 4 is 33.2 Å². The van der Waals surface area contributed by atoms with E-state index in [1.807, 2.05) is 6.92 Å². The fraction of sp³-hybridized carbons (Fsp3) is 0.538. The Labute approximate surface area is 129 Å². The summed E-state index contributed by atoms with van der Waals surface area (Å²) in [6.45, 7) is 3.63. The second kappa shape index (κ2) is 6.62. The molecule has 0 radical (unpaired) electrons. The van der Waals surface area contributed by atoms with Crippen LogP contribution >= 0.6 is 23.2 Å². The van der Waals surface area contributed by atoms with Gasteiger partial charge < -0.3 is 5.32 Å². The van der Waals surface area contributed by atoms with Crippen molar-refractivity contribution in [1.29, 1.82) is 0 Å². The molecule has 7 heteroatoms. The molecule has 2 rings (SSSR count). The molecule has 1 aromatic rings. The van der Waals surface area contributed by atoms with Crippen molar-refractivity contribution in [3.63, 3.8) is 0 Å². The summed E-state index contributed by atoms with van der Waals surface area (Å²) in [6.07, 6.45) is 2.17. The third-order valence-corrected chi connectivity index (χ3v) is 5.61. The van der Waals surface area contributed by atoms with Crippen molar-refractivity contribution in [2.24, 2.45) is 5.92 Å². The van der Waals surface area contributed by atoms with Crippen molar-refractivity contribution in [1.82, 2.24) is 10.0 Å². The first-order valence-electron chi connectivity index (χ1n) is 6.63. The summed E-state index contributed by atoms with van der Waals surface area (Å²) in [4.78, 5) is 0.0946. The van der Waals surface area contributed by atoms with E-state index in [1.165, 1.54) is 6.07 Å². The third-order valence-electron chi connectivity index (χ3n) is 3.25. The van der Waals surface area contributed by atoms with Gasteiger partial charge in [0, 0.05) is 23.7 Å². The molecule has 0 spiro atoms. The van der Waals surface area contributed by atoms with E-state index in [0.717, 1.165) is 19.4 Å². The Balaban J connectivity index is 2.25. The van der Waals surface area contributed by atoms with E-state index in [1.54, 1.807) is 6.07 Å². The van der Waals surface area contributed by atoms with Crippen LogP contribution in [0.25, 0.3) is 0 Å². The molecule has 2 N–H and O–H groups in total. The topological polar surface area (TPSA) is 58.2 Å². The van der Waals surface area contributed by atoms with E-state index >= 15 is 0 Å². The van der Waals surface area contributed by atoms with Gasteiger partial charge in [-0.1, -0.05) is 30.1 Å². The van der Waals surface area contributed by atoms with E-state index in [9.17, 15) is 8.42 Å². The van der Waals surface area contributed by atoms with Crippen molar-refractivity contribution in [2.75, 3.05) is 13.1 Å². The highest BCUT2D eigenvalue weighted by Gasteiger charge is 2.26. The molecular weight excluding hydrogens is 319 g/mol. The molecule has 0 bridgehead atoms. The number of hydrogen-bond donors (Lipinski definition) is 2. The molecule has 4 nitrogen and oxygen atoms in total. The molecule has 0 aromatic heterocycles. The molecular formula is C13H18Cl2N2O2S. The normalized spacial score (nSPS) is 15.6. The lowest BCUT2D eigenvalue weighted by Crippen LogP contribution is -2.26. The third kappa shape index (κ3) is 3.86. The number of rotatable bonds is 7. The Bertz CT molecular complexity index is 586. The van der Waals surface area contributed by atoms with Gasteiger partial charge >= 0.3 is 0 Å². The SMILES string of the molecule is CCNCc1c(Cl)ccc(S(=O)(=O)NCC2CC2)c1Cl. The van der Waals surface area contributed by atoms with Crippen molar-refractivity contribution < 1.29 is 8.42 Å². The minimum atomic E-state index is -3.58. The molecule has 1 aliphatic rings. The zero-order valence-electron chi connectivity index (χ0n) is 11.2. The summed E-state index contributed by atoms with van der Waals surface area (Å²) in [6, 6.07) is 3.03. The van der Waals surface area contributed by atoms with Gasteiger partial charge in [-0.2, -0.15) is 0 Å². The Hall–Kier alpha value is -0.330.